The number of rotatable bonds is 1. The highest BCUT2D eigenvalue weighted by Crippen LogP contribution is 2.36. The van der Waals surface area contributed by atoms with Gasteiger partial charge in [0.1, 0.15) is 0 Å². The van der Waals surface area contributed by atoms with Crippen LogP contribution >= 0.6 is 0 Å². The average molecular weight is 204 g/mol. The number of nitrogens with two attached hydrogens (primary N) is 1. The first kappa shape index (κ1) is 10.6. The predicted molar refractivity (Wildman–Crippen MR) is 62.7 cm³/mol. The Balaban J connectivity index is 2.17. The maximum atomic E-state index is 6.03. The van der Waals surface area contributed by atoms with E-state index >= 15 is 0 Å². The molecule has 15 heavy (non-hydrogen) atoms. The molecule has 1 aliphatic rings. The summed E-state index contributed by atoms with van der Waals surface area (Å²) in [6.07, 6.45) is 5.57. The summed E-state index contributed by atoms with van der Waals surface area (Å²) in [4.78, 5) is 4.37. The highest BCUT2D eigenvalue weighted by Gasteiger charge is 2.26. The monoisotopic (exact) mass is 204 g/mol. The molecule has 1 aromatic rings. The van der Waals surface area contributed by atoms with E-state index in [1.54, 1.807) is 0 Å². The van der Waals surface area contributed by atoms with E-state index in [1.165, 1.54) is 18.4 Å². The number of hydrogen-bond donors (Lipinski definition) is 1. The van der Waals surface area contributed by atoms with E-state index in [1.807, 2.05) is 13.1 Å². The topological polar surface area (TPSA) is 38.9 Å². The highest BCUT2D eigenvalue weighted by atomic mass is 14.7. The molecule has 0 radical (unpaired) electrons. The van der Waals surface area contributed by atoms with Crippen molar-refractivity contribution in [3.8, 4) is 0 Å². The van der Waals surface area contributed by atoms with Crippen LogP contribution in [0.3, 0.4) is 0 Å². The lowest BCUT2D eigenvalue weighted by Gasteiger charge is -2.32. The van der Waals surface area contributed by atoms with Crippen LogP contribution in [0.15, 0.2) is 18.3 Å². The molecule has 1 fully saturated rings. The van der Waals surface area contributed by atoms with Crippen LogP contribution in [0.5, 0.6) is 0 Å². The van der Waals surface area contributed by atoms with Crippen LogP contribution < -0.4 is 5.73 Å². The van der Waals surface area contributed by atoms with Gasteiger partial charge in [0, 0.05) is 17.9 Å². The first-order valence-electron chi connectivity index (χ1n) is 5.85. The Bertz CT molecular complexity index is 318. The Labute approximate surface area is 91.9 Å². The van der Waals surface area contributed by atoms with Gasteiger partial charge in [-0.2, -0.15) is 0 Å². The second-order valence-electron chi connectivity index (χ2n) is 4.89. The first-order chi connectivity index (χ1) is 7.16. The predicted octanol–water partition coefficient (Wildman–Crippen LogP) is 2.62. The van der Waals surface area contributed by atoms with Crippen molar-refractivity contribution < 1.29 is 0 Å². The van der Waals surface area contributed by atoms with Crippen molar-refractivity contribution in [2.75, 3.05) is 0 Å². The maximum absolute atomic E-state index is 6.03. The molecule has 1 heterocycles. The molecule has 0 aromatic carbocycles. The second kappa shape index (κ2) is 4.31. The molecule has 1 aliphatic carbocycles. The van der Waals surface area contributed by atoms with E-state index in [4.69, 9.17) is 5.73 Å². The van der Waals surface area contributed by atoms with E-state index in [2.05, 4.69) is 24.0 Å². The van der Waals surface area contributed by atoms with Gasteiger partial charge in [0.25, 0.3) is 0 Å². The Hall–Kier alpha value is -0.890. The maximum Gasteiger partial charge on any atom is 0.0372 e. The van der Waals surface area contributed by atoms with Gasteiger partial charge in [0.15, 0.2) is 0 Å². The van der Waals surface area contributed by atoms with Crippen LogP contribution in [-0.4, -0.2) is 11.0 Å². The molecule has 2 heteroatoms. The third-order valence-electron chi connectivity index (χ3n) is 3.60. The van der Waals surface area contributed by atoms with Crippen LogP contribution in [0.25, 0.3) is 0 Å². The van der Waals surface area contributed by atoms with Gasteiger partial charge in [0.05, 0.1) is 0 Å². The Morgan fingerprint density at radius 2 is 2.13 bits per heavy atom. The van der Waals surface area contributed by atoms with Crippen molar-refractivity contribution >= 4 is 0 Å². The molecule has 1 saturated carbocycles. The molecule has 2 rings (SSSR count). The summed E-state index contributed by atoms with van der Waals surface area (Å²) >= 11 is 0. The number of pyridine rings is 1. The molecule has 0 amide bonds. The molecular weight excluding hydrogens is 184 g/mol. The third-order valence-corrected chi connectivity index (χ3v) is 3.60. The minimum absolute atomic E-state index is 0.382. The van der Waals surface area contributed by atoms with E-state index in [-0.39, 0.29) is 0 Å². The van der Waals surface area contributed by atoms with Crippen LogP contribution in [0.1, 0.15) is 43.4 Å². The van der Waals surface area contributed by atoms with E-state index in [0.29, 0.717) is 12.0 Å². The minimum Gasteiger partial charge on any atom is -0.328 e. The summed E-state index contributed by atoms with van der Waals surface area (Å²) in [5.41, 5.74) is 8.49. The van der Waals surface area contributed by atoms with Crippen LogP contribution in [0.4, 0.5) is 0 Å². The first-order valence-corrected chi connectivity index (χ1v) is 5.85. The summed E-state index contributed by atoms with van der Waals surface area (Å²) in [7, 11) is 0. The number of hydrogen-bond acceptors (Lipinski definition) is 2. The lowest BCUT2D eigenvalue weighted by atomic mass is 9.75. The zero-order valence-electron chi connectivity index (χ0n) is 9.61. The number of nitrogens with zero attached hydrogens (tertiary/aromatic N) is 1. The smallest absolute Gasteiger partial charge is 0.0372 e. The summed E-state index contributed by atoms with van der Waals surface area (Å²) < 4.78 is 0. The normalized spacial score (nSPS) is 31.5. The second-order valence-corrected chi connectivity index (χ2v) is 4.89. The highest BCUT2D eigenvalue weighted by molar-refractivity contribution is 5.19. The molecule has 3 atom stereocenters. The molecule has 82 valence electrons. The van der Waals surface area contributed by atoms with Crippen LogP contribution in [0.2, 0.25) is 0 Å². The van der Waals surface area contributed by atoms with Crippen molar-refractivity contribution in [2.45, 2.75) is 45.1 Å². The fourth-order valence-corrected chi connectivity index (χ4v) is 2.52. The van der Waals surface area contributed by atoms with Crippen molar-refractivity contribution in [1.29, 1.82) is 0 Å². The van der Waals surface area contributed by atoms with Crippen molar-refractivity contribution in [2.24, 2.45) is 11.7 Å². The molecular formula is C13H20N2. The third kappa shape index (κ3) is 2.37. The van der Waals surface area contributed by atoms with Crippen molar-refractivity contribution in [3.63, 3.8) is 0 Å². The van der Waals surface area contributed by atoms with E-state index < -0.39 is 0 Å². The Kier molecular flexibility index (Phi) is 3.06. The standard InChI is InChI=1S/C13H20N2/c1-9-3-6-12(14)7-13(9)11-5-4-10(2)15-8-11/h4-5,8-9,12-13H,3,6-7,14H2,1-2H3. The summed E-state index contributed by atoms with van der Waals surface area (Å²) in [5, 5.41) is 0. The van der Waals surface area contributed by atoms with Gasteiger partial charge < -0.3 is 5.73 Å². The Morgan fingerprint density at radius 3 is 2.80 bits per heavy atom. The number of aromatic nitrogens is 1. The van der Waals surface area contributed by atoms with Gasteiger partial charge in [-0.25, -0.2) is 0 Å². The summed E-state index contributed by atoms with van der Waals surface area (Å²) in [6.45, 7) is 4.36. The quantitative estimate of drug-likeness (QED) is 0.763. The lowest BCUT2D eigenvalue weighted by Crippen LogP contribution is -2.31. The summed E-state index contributed by atoms with van der Waals surface area (Å²) in [5.74, 6) is 1.36. The zero-order chi connectivity index (χ0) is 10.8. The molecule has 2 N–H and O–H groups in total. The molecule has 2 nitrogen and oxygen atoms in total. The summed E-state index contributed by atoms with van der Waals surface area (Å²) in [6, 6.07) is 4.69. The van der Waals surface area contributed by atoms with Crippen LogP contribution in [-0.2, 0) is 0 Å². The zero-order valence-corrected chi connectivity index (χ0v) is 9.61. The fourth-order valence-electron chi connectivity index (χ4n) is 2.52. The average Bonchev–Trinajstić information content (AvgIpc) is 2.23. The SMILES string of the molecule is Cc1ccc(C2CC(N)CCC2C)cn1. The van der Waals surface area contributed by atoms with Gasteiger partial charge in [-0.15, -0.1) is 0 Å². The molecule has 0 aliphatic heterocycles. The van der Waals surface area contributed by atoms with Crippen LogP contribution in [0, 0.1) is 12.8 Å². The molecule has 0 spiro atoms. The van der Waals surface area contributed by atoms with Crippen molar-refractivity contribution in [1.82, 2.24) is 4.98 Å². The van der Waals surface area contributed by atoms with Gasteiger partial charge in [0.2, 0.25) is 0 Å². The largest absolute Gasteiger partial charge is 0.328 e. The van der Waals surface area contributed by atoms with E-state index in [0.717, 1.165) is 18.0 Å². The minimum atomic E-state index is 0.382. The Morgan fingerprint density at radius 1 is 1.33 bits per heavy atom. The van der Waals surface area contributed by atoms with E-state index in [9.17, 15) is 0 Å². The van der Waals surface area contributed by atoms with Crippen molar-refractivity contribution in [3.05, 3.63) is 29.6 Å². The lowest BCUT2D eigenvalue weighted by molar-refractivity contribution is 0.299. The van der Waals surface area contributed by atoms with Gasteiger partial charge in [-0.3, -0.25) is 4.98 Å². The number of aryl methyl sites for hydroxylation is 1. The molecule has 1 aromatic heterocycles. The fraction of sp³-hybridized carbons (Fsp3) is 0.615. The van der Waals surface area contributed by atoms with Gasteiger partial charge in [-0.05, 0) is 49.7 Å². The molecule has 0 bridgehead atoms. The molecule has 0 saturated heterocycles. The van der Waals surface area contributed by atoms with Gasteiger partial charge >= 0.3 is 0 Å². The van der Waals surface area contributed by atoms with Gasteiger partial charge in [-0.1, -0.05) is 13.0 Å². The molecule has 3 unspecified atom stereocenters.